The van der Waals surface area contributed by atoms with Crippen LogP contribution in [0.4, 0.5) is 5.69 Å². The number of aliphatic hydroxyl groups excluding tert-OH is 1. The van der Waals surface area contributed by atoms with Crippen LogP contribution in [0.1, 0.15) is 0 Å². The summed E-state index contributed by atoms with van der Waals surface area (Å²) in [5.41, 5.74) is 1.98. The molecule has 112 valence electrons. The van der Waals surface area contributed by atoms with Gasteiger partial charge in [-0.3, -0.25) is 9.88 Å². The van der Waals surface area contributed by atoms with Gasteiger partial charge in [0.1, 0.15) is 0 Å². The zero-order valence-corrected chi connectivity index (χ0v) is 12.0. The molecular formula is C16H21N3O2. The summed E-state index contributed by atoms with van der Waals surface area (Å²) in [5, 5.41) is 14.6. The molecule has 3 rings (SSSR count). The van der Waals surface area contributed by atoms with E-state index in [-0.39, 0.29) is 0 Å². The van der Waals surface area contributed by atoms with Gasteiger partial charge in [0.05, 0.1) is 24.8 Å². The fourth-order valence-corrected chi connectivity index (χ4v) is 2.62. The number of benzene rings is 1. The number of morpholine rings is 1. The first-order chi connectivity index (χ1) is 10.3. The van der Waals surface area contributed by atoms with E-state index in [0.717, 1.165) is 42.9 Å². The van der Waals surface area contributed by atoms with Gasteiger partial charge in [0.25, 0.3) is 0 Å². The number of anilines is 1. The summed E-state index contributed by atoms with van der Waals surface area (Å²) in [5.74, 6) is 0. The molecule has 1 unspecified atom stereocenters. The average molecular weight is 287 g/mol. The molecule has 2 aromatic rings. The molecule has 1 aliphatic rings. The van der Waals surface area contributed by atoms with Crippen molar-refractivity contribution in [1.29, 1.82) is 0 Å². The highest BCUT2D eigenvalue weighted by molar-refractivity contribution is 5.90. The molecule has 1 atom stereocenters. The lowest BCUT2D eigenvalue weighted by Gasteiger charge is -2.28. The van der Waals surface area contributed by atoms with Crippen LogP contribution >= 0.6 is 0 Å². The Balaban J connectivity index is 1.58. The molecule has 21 heavy (non-hydrogen) atoms. The number of fused-ring (bicyclic) bond motifs is 1. The Morgan fingerprint density at radius 2 is 2.05 bits per heavy atom. The molecule has 0 amide bonds. The number of para-hydroxylation sites is 1. The number of pyridine rings is 1. The number of hydrogen-bond donors (Lipinski definition) is 2. The van der Waals surface area contributed by atoms with Gasteiger partial charge in [-0.2, -0.15) is 0 Å². The molecule has 2 N–H and O–H groups in total. The van der Waals surface area contributed by atoms with Crippen LogP contribution < -0.4 is 5.32 Å². The zero-order valence-electron chi connectivity index (χ0n) is 12.0. The summed E-state index contributed by atoms with van der Waals surface area (Å²) in [7, 11) is 0. The van der Waals surface area contributed by atoms with Crippen LogP contribution in [0.5, 0.6) is 0 Å². The monoisotopic (exact) mass is 287 g/mol. The second kappa shape index (κ2) is 6.85. The fourth-order valence-electron chi connectivity index (χ4n) is 2.62. The molecule has 0 saturated carbocycles. The van der Waals surface area contributed by atoms with Crippen molar-refractivity contribution in [3.05, 3.63) is 36.5 Å². The summed E-state index contributed by atoms with van der Waals surface area (Å²) >= 11 is 0. The first kappa shape index (κ1) is 14.3. The van der Waals surface area contributed by atoms with Gasteiger partial charge in [-0.25, -0.2) is 0 Å². The highest BCUT2D eigenvalue weighted by Crippen LogP contribution is 2.20. The Labute approximate surface area is 124 Å². The lowest BCUT2D eigenvalue weighted by molar-refractivity contribution is 0.0171. The fraction of sp³-hybridized carbons (Fsp3) is 0.438. The summed E-state index contributed by atoms with van der Waals surface area (Å²) in [6, 6.07) is 9.96. The molecule has 0 bridgehead atoms. The highest BCUT2D eigenvalue weighted by Gasteiger charge is 2.14. The van der Waals surface area contributed by atoms with E-state index < -0.39 is 6.10 Å². The standard InChI is InChI=1S/C16H21N3O2/c20-13(12-19-7-9-21-10-8-19)11-18-16-5-6-17-15-4-2-1-3-14(15)16/h1-6,13,20H,7-12H2,(H,17,18). The largest absolute Gasteiger partial charge is 0.390 e. The van der Waals surface area contributed by atoms with Gasteiger partial charge in [0, 0.05) is 43.4 Å². The first-order valence-electron chi connectivity index (χ1n) is 7.39. The third kappa shape index (κ3) is 3.69. The van der Waals surface area contributed by atoms with Crippen molar-refractivity contribution in [3.8, 4) is 0 Å². The minimum Gasteiger partial charge on any atom is -0.390 e. The molecule has 1 aromatic heterocycles. The van der Waals surface area contributed by atoms with E-state index >= 15 is 0 Å². The van der Waals surface area contributed by atoms with Crippen LogP contribution in [0, 0.1) is 0 Å². The van der Waals surface area contributed by atoms with Crippen molar-refractivity contribution in [2.24, 2.45) is 0 Å². The van der Waals surface area contributed by atoms with Crippen LogP contribution in [-0.2, 0) is 4.74 Å². The number of β-amino-alcohol motifs (C(OH)–C–C–N with tert-alkyl or cyclic N) is 1. The zero-order chi connectivity index (χ0) is 14.5. The van der Waals surface area contributed by atoms with Gasteiger partial charge < -0.3 is 15.2 Å². The van der Waals surface area contributed by atoms with Crippen LogP contribution in [0.25, 0.3) is 10.9 Å². The normalized spacial score (nSPS) is 17.8. The molecule has 5 heteroatoms. The van der Waals surface area contributed by atoms with Crippen LogP contribution in [0.15, 0.2) is 36.5 Å². The van der Waals surface area contributed by atoms with Crippen molar-refractivity contribution >= 4 is 16.6 Å². The molecule has 1 fully saturated rings. The van der Waals surface area contributed by atoms with Crippen molar-refractivity contribution in [2.75, 3.05) is 44.7 Å². The topological polar surface area (TPSA) is 57.6 Å². The molecule has 5 nitrogen and oxygen atoms in total. The van der Waals surface area contributed by atoms with Crippen LogP contribution in [-0.4, -0.2) is 60.5 Å². The minimum absolute atomic E-state index is 0.393. The van der Waals surface area contributed by atoms with Gasteiger partial charge >= 0.3 is 0 Å². The first-order valence-corrected chi connectivity index (χ1v) is 7.39. The third-order valence-corrected chi connectivity index (χ3v) is 3.75. The van der Waals surface area contributed by atoms with Gasteiger partial charge in [0.15, 0.2) is 0 Å². The molecule has 1 aliphatic heterocycles. The Morgan fingerprint density at radius 3 is 2.90 bits per heavy atom. The Hall–Kier alpha value is -1.69. The van der Waals surface area contributed by atoms with E-state index in [1.807, 2.05) is 30.3 Å². The highest BCUT2D eigenvalue weighted by atomic mass is 16.5. The second-order valence-corrected chi connectivity index (χ2v) is 5.32. The van der Waals surface area contributed by atoms with Crippen LogP contribution in [0.3, 0.4) is 0 Å². The number of ether oxygens (including phenoxy) is 1. The molecule has 0 aliphatic carbocycles. The number of hydrogen-bond acceptors (Lipinski definition) is 5. The Morgan fingerprint density at radius 1 is 1.24 bits per heavy atom. The van der Waals surface area contributed by atoms with Crippen molar-refractivity contribution < 1.29 is 9.84 Å². The van der Waals surface area contributed by atoms with Gasteiger partial charge in [-0.05, 0) is 12.1 Å². The molecule has 0 radical (unpaired) electrons. The predicted octanol–water partition coefficient (Wildman–Crippen LogP) is 1.34. The van der Waals surface area contributed by atoms with Crippen molar-refractivity contribution in [1.82, 2.24) is 9.88 Å². The van der Waals surface area contributed by atoms with E-state index in [0.29, 0.717) is 13.1 Å². The summed E-state index contributed by atoms with van der Waals surface area (Å²) in [6.07, 6.45) is 1.40. The lowest BCUT2D eigenvalue weighted by atomic mass is 10.2. The smallest absolute Gasteiger partial charge is 0.0839 e. The number of nitrogens with zero attached hydrogens (tertiary/aromatic N) is 2. The summed E-state index contributed by atoms with van der Waals surface area (Å²) < 4.78 is 5.31. The maximum atomic E-state index is 10.2. The van der Waals surface area contributed by atoms with E-state index in [1.165, 1.54) is 0 Å². The molecule has 2 heterocycles. The SMILES string of the molecule is OC(CNc1ccnc2ccccc12)CN1CCOCC1. The van der Waals surface area contributed by atoms with E-state index in [2.05, 4.69) is 15.2 Å². The van der Waals surface area contributed by atoms with Gasteiger partial charge in [-0.15, -0.1) is 0 Å². The van der Waals surface area contributed by atoms with Gasteiger partial charge in [0.2, 0.25) is 0 Å². The summed E-state index contributed by atoms with van der Waals surface area (Å²) in [6.45, 7) is 4.53. The number of aromatic nitrogens is 1. The average Bonchev–Trinajstić information content (AvgIpc) is 2.54. The lowest BCUT2D eigenvalue weighted by Crippen LogP contribution is -2.42. The number of nitrogens with one attached hydrogen (secondary N) is 1. The van der Waals surface area contributed by atoms with Crippen molar-refractivity contribution in [2.45, 2.75) is 6.10 Å². The molecule has 0 spiro atoms. The van der Waals surface area contributed by atoms with Crippen LogP contribution in [0.2, 0.25) is 0 Å². The molecule has 1 saturated heterocycles. The summed E-state index contributed by atoms with van der Waals surface area (Å²) in [4.78, 5) is 6.57. The quantitative estimate of drug-likeness (QED) is 0.869. The Bertz CT molecular complexity index is 579. The number of rotatable bonds is 5. The molecular weight excluding hydrogens is 266 g/mol. The minimum atomic E-state index is -0.393. The van der Waals surface area contributed by atoms with E-state index in [4.69, 9.17) is 4.74 Å². The van der Waals surface area contributed by atoms with Crippen molar-refractivity contribution in [3.63, 3.8) is 0 Å². The van der Waals surface area contributed by atoms with E-state index in [1.54, 1.807) is 6.20 Å². The second-order valence-electron chi connectivity index (χ2n) is 5.32. The predicted molar refractivity (Wildman–Crippen MR) is 83.5 cm³/mol. The maximum Gasteiger partial charge on any atom is 0.0839 e. The maximum absolute atomic E-state index is 10.2. The van der Waals surface area contributed by atoms with E-state index in [9.17, 15) is 5.11 Å². The number of aliphatic hydroxyl groups is 1. The third-order valence-electron chi connectivity index (χ3n) is 3.75. The molecule has 1 aromatic carbocycles. The Kier molecular flexibility index (Phi) is 4.65. The van der Waals surface area contributed by atoms with Gasteiger partial charge in [-0.1, -0.05) is 18.2 Å².